The second-order valence-electron chi connectivity index (χ2n) is 10.8. The van der Waals surface area contributed by atoms with E-state index in [4.69, 9.17) is 33.2 Å². The van der Waals surface area contributed by atoms with E-state index in [0.29, 0.717) is 35.5 Å². The number of nitrogens with zero attached hydrogens (tertiary/aromatic N) is 9. The highest BCUT2D eigenvalue weighted by molar-refractivity contribution is 6.30. The maximum Gasteiger partial charge on any atom is 0.407 e. The lowest BCUT2D eigenvalue weighted by Crippen LogP contribution is -2.57. The SMILES string of the molecule is C[C@@H]1CN(c2nc3nncn3c3c2ncn3CCN(C)C(=O)O)[C@@H](C)CN1C(c1ccc(Cl)cc1)c1ccc(Cl)cc1. The van der Waals surface area contributed by atoms with Gasteiger partial charge in [0.2, 0.25) is 0 Å². The van der Waals surface area contributed by atoms with Crippen LogP contribution < -0.4 is 4.90 Å². The normalized spacial score (nSPS) is 17.9. The fourth-order valence-electron chi connectivity index (χ4n) is 5.78. The minimum absolute atomic E-state index is 0.0107. The molecule has 218 valence electrons. The van der Waals surface area contributed by atoms with Crippen molar-refractivity contribution in [3.05, 3.63) is 82.4 Å². The Bertz CT molecular complexity index is 1680. The Balaban J connectivity index is 1.35. The van der Waals surface area contributed by atoms with E-state index in [2.05, 4.69) is 58.1 Å². The monoisotopic (exact) mass is 607 g/mol. The van der Waals surface area contributed by atoms with Gasteiger partial charge >= 0.3 is 6.09 Å². The minimum Gasteiger partial charge on any atom is -0.465 e. The van der Waals surface area contributed by atoms with Crippen LogP contribution in [0, 0.1) is 0 Å². The molecule has 11 nitrogen and oxygen atoms in total. The van der Waals surface area contributed by atoms with Crippen LogP contribution in [0.3, 0.4) is 0 Å². The highest BCUT2D eigenvalue weighted by Gasteiger charge is 2.36. The number of hydrogen-bond donors (Lipinski definition) is 1. The molecule has 1 aliphatic rings. The minimum atomic E-state index is -0.979. The number of piperazine rings is 1. The van der Waals surface area contributed by atoms with Crippen molar-refractivity contribution in [3.8, 4) is 0 Å². The van der Waals surface area contributed by atoms with Gasteiger partial charge in [-0.2, -0.15) is 4.98 Å². The van der Waals surface area contributed by atoms with E-state index in [1.165, 1.54) is 4.90 Å². The van der Waals surface area contributed by atoms with E-state index < -0.39 is 6.09 Å². The van der Waals surface area contributed by atoms with Crippen LogP contribution in [-0.4, -0.2) is 88.9 Å². The molecule has 1 fully saturated rings. The molecule has 0 aliphatic carbocycles. The summed E-state index contributed by atoms with van der Waals surface area (Å²) in [6, 6.07) is 16.3. The van der Waals surface area contributed by atoms with Crippen LogP contribution in [0.5, 0.6) is 0 Å². The number of imidazole rings is 1. The van der Waals surface area contributed by atoms with Gasteiger partial charge in [0.1, 0.15) is 11.8 Å². The van der Waals surface area contributed by atoms with Gasteiger partial charge in [0.05, 0.1) is 12.4 Å². The van der Waals surface area contributed by atoms with Crippen LogP contribution in [0.2, 0.25) is 10.0 Å². The molecule has 1 amide bonds. The van der Waals surface area contributed by atoms with Crippen molar-refractivity contribution < 1.29 is 9.90 Å². The van der Waals surface area contributed by atoms with E-state index in [1.807, 2.05) is 28.8 Å². The van der Waals surface area contributed by atoms with Crippen LogP contribution >= 0.6 is 23.2 Å². The van der Waals surface area contributed by atoms with E-state index in [-0.39, 0.29) is 18.1 Å². The molecular formula is C29H31Cl2N9O2. The van der Waals surface area contributed by atoms with Gasteiger partial charge < -0.3 is 19.5 Å². The summed E-state index contributed by atoms with van der Waals surface area (Å²) in [6.07, 6.45) is 2.36. The Labute approximate surface area is 252 Å². The first kappa shape index (κ1) is 28.2. The Hall–Kier alpha value is -3.93. The van der Waals surface area contributed by atoms with Crippen molar-refractivity contribution in [1.82, 2.24) is 38.9 Å². The largest absolute Gasteiger partial charge is 0.465 e. The number of aromatic nitrogens is 6. The maximum absolute atomic E-state index is 11.3. The number of fused-ring (bicyclic) bond motifs is 3. The number of benzene rings is 2. The lowest BCUT2D eigenvalue weighted by atomic mass is 9.93. The maximum atomic E-state index is 11.3. The zero-order valence-corrected chi connectivity index (χ0v) is 25.0. The zero-order chi connectivity index (χ0) is 29.5. The molecule has 3 aromatic heterocycles. The molecule has 4 heterocycles. The molecule has 6 rings (SSSR count). The second kappa shape index (κ2) is 11.4. The molecular weight excluding hydrogens is 577 g/mol. The average Bonchev–Trinajstić information content (AvgIpc) is 3.62. The fraction of sp³-hybridized carbons (Fsp3) is 0.345. The van der Waals surface area contributed by atoms with Crippen LogP contribution in [0.15, 0.2) is 61.2 Å². The van der Waals surface area contributed by atoms with Crippen LogP contribution in [-0.2, 0) is 6.54 Å². The summed E-state index contributed by atoms with van der Waals surface area (Å²) in [7, 11) is 1.55. The van der Waals surface area contributed by atoms with Crippen molar-refractivity contribution in [2.45, 2.75) is 38.5 Å². The molecule has 0 radical (unpaired) electrons. The number of halogens is 2. The molecule has 0 saturated carbocycles. The molecule has 1 N–H and O–H groups in total. The first-order valence-corrected chi connectivity index (χ1v) is 14.5. The van der Waals surface area contributed by atoms with Crippen LogP contribution in [0.1, 0.15) is 31.0 Å². The van der Waals surface area contributed by atoms with E-state index in [1.54, 1.807) is 24.1 Å². The standard InChI is InChI=1S/C29H31Cl2N9O2/c1-18-15-39(19(2)14-38(18)25(20-4-8-22(30)9-5-20)21-6-10-23(31)11-7-21)26-24-27(40-17-33-35-28(40)34-26)37(16-32-24)13-12-36(3)29(41)42/h4-11,16-19,25H,12-15H2,1-3H3,(H,41,42)/t18-,19+/m1/s1. The molecule has 2 atom stereocenters. The average molecular weight is 609 g/mol. The Morgan fingerprint density at radius 3 is 2.26 bits per heavy atom. The highest BCUT2D eigenvalue weighted by Crippen LogP contribution is 2.36. The van der Waals surface area contributed by atoms with E-state index in [9.17, 15) is 9.90 Å². The van der Waals surface area contributed by atoms with Gasteiger partial charge in [0, 0.05) is 55.4 Å². The van der Waals surface area contributed by atoms with Gasteiger partial charge in [-0.05, 0) is 49.2 Å². The van der Waals surface area contributed by atoms with Crippen molar-refractivity contribution in [2.24, 2.45) is 0 Å². The molecule has 1 saturated heterocycles. The topological polar surface area (TPSA) is 108 Å². The summed E-state index contributed by atoms with van der Waals surface area (Å²) >= 11 is 12.5. The number of anilines is 1. The van der Waals surface area contributed by atoms with Crippen molar-refractivity contribution in [2.75, 3.05) is 31.6 Å². The van der Waals surface area contributed by atoms with Gasteiger partial charge in [0.15, 0.2) is 11.5 Å². The van der Waals surface area contributed by atoms with Gasteiger partial charge in [-0.25, -0.2) is 14.2 Å². The third-order valence-electron chi connectivity index (χ3n) is 8.00. The third kappa shape index (κ3) is 5.23. The molecule has 0 unspecified atom stereocenters. The molecule has 0 bridgehead atoms. The molecule has 42 heavy (non-hydrogen) atoms. The summed E-state index contributed by atoms with van der Waals surface area (Å²) in [6.45, 7) is 6.64. The Morgan fingerprint density at radius 2 is 1.64 bits per heavy atom. The second-order valence-corrected chi connectivity index (χ2v) is 11.7. The summed E-state index contributed by atoms with van der Waals surface area (Å²) < 4.78 is 3.73. The van der Waals surface area contributed by atoms with Gasteiger partial charge in [0.25, 0.3) is 5.78 Å². The van der Waals surface area contributed by atoms with Gasteiger partial charge in [-0.3, -0.25) is 4.90 Å². The Kier molecular flexibility index (Phi) is 7.65. The number of carbonyl (C=O) groups is 1. The first-order chi connectivity index (χ1) is 20.2. The molecule has 1 aliphatic heterocycles. The number of hydrogen-bond acceptors (Lipinski definition) is 7. The van der Waals surface area contributed by atoms with Crippen molar-refractivity contribution >= 4 is 52.1 Å². The van der Waals surface area contributed by atoms with Gasteiger partial charge in [-0.15, -0.1) is 10.2 Å². The lowest BCUT2D eigenvalue weighted by Gasteiger charge is -2.48. The predicted octanol–water partition coefficient (Wildman–Crippen LogP) is 5.08. The lowest BCUT2D eigenvalue weighted by molar-refractivity contribution is 0.129. The van der Waals surface area contributed by atoms with Crippen molar-refractivity contribution in [3.63, 3.8) is 0 Å². The number of carboxylic acid groups (broad SMARTS) is 1. The number of amides is 1. The van der Waals surface area contributed by atoms with Crippen molar-refractivity contribution in [1.29, 1.82) is 0 Å². The molecule has 13 heteroatoms. The van der Waals surface area contributed by atoms with Gasteiger partial charge in [-0.1, -0.05) is 47.5 Å². The molecule has 2 aromatic carbocycles. The quantitative estimate of drug-likeness (QED) is 0.273. The fourth-order valence-corrected chi connectivity index (χ4v) is 6.03. The van der Waals surface area contributed by atoms with Crippen LogP contribution in [0.25, 0.3) is 16.9 Å². The third-order valence-corrected chi connectivity index (χ3v) is 8.50. The number of rotatable bonds is 7. The predicted molar refractivity (Wildman–Crippen MR) is 162 cm³/mol. The number of likely N-dealkylation sites (N-methyl/N-ethyl adjacent to an activating group) is 1. The van der Waals surface area contributed by atoms with Crippen LogP contribution in [0.4, 0.5) is 10.6 Å². The first-order valence-electron chi connectivity index (χ1n) is 13.7. The molecule has 0 spiro atoms. The Morgan fingerprint density at radius 1 is 1.00 bits per heavy atom. The summed E-state index contributed by atoms with van der Waals surface area (Å²) in [5, 5.41) is 19.0. The summed E-state index contributed by atoms with van der Waals surface area (Å²) in [4.78, 5) is 27.1. The smallest absolute Gasteiger partial charge is 0.407 e. The summed E-state index contributed by atoms with van der Waals surface area (Å²) in [5.41, 5.74) is 3.82. The van der Waals surface area contributed by atoms with E-state index >= 15 is 0 Å². The molecule has 5 aromatic rings. The van der Waals surface area contributed by atoms with E-state index in [0.717, 1.165) is 34.7 Å². The zero-order valence-electron chi connectivity index (χ0n) is 23.5. The highest BCUT2D eigenvalue weighted by atomic mass is 35.5. The summed E-state index contributed by atoms with van der Waals surface area (Å²) in [5.74, 6) is 1.21.